The first kappa shape index (κ1) is 20.8. The fraction of sp³-hybridized carbons (Fsp3) is 0.286. The lowest BCUT2D eigenvalue weighted by molar-refractivity contribution is -0.137. The number of anilines is 1. The van der Waals surface area contributed by atoms with E-state index in [0.29, 0.717) is 41.3 Å². The summed E-state index contributed by atoms with van der Waals surface area (Å²) >= 11 is 0.516. The summed E-state index contributed by atoms with van der Waals surface area (Å²) in [6.07, 6.45) is 1.05. The lowest BCUT2D eigenvalue weighted by Crippen LogP contribution is -2.40. The SMILES string of the molecule is C[C@]1(c2cc(F)ccc2F)CCCN1c1ccn2ncc(-c3cnc(C(F)(F)F)s3)c2n1. The molecule has 1 aliphatic rings. The number of rotatable bonds is 3. The summed E-state index contributed by atoms with van der Waals surface area (Å²) in [6.45, 7) is 2.40. The van der Waals surface area contributed by atoms with Gasteiger partial charge in [0.2, 0.25) is 0 Å². The number of alkyl halides is 3. The van der Waals surface area contributed by atoms with Crippen molar-refractivity contribution >= 4 is 22.8 Å². The Morgan fingerprint density at radius 2 is 1.94 bits per heavy atom. The van der Waals surface area contributed by atoms with Crippen LogP contribution in [0.1, 0.15) is 30.3 Å². The summed E-state index contributed by atoms with van der Waals surface area (Å²) in [4.78, 5) is 10.3. The number of aromatic nitrogens is 4. The largest absolute Gasteiger partial charge is 0.443 e. The van der Waals surface area contributed by atoms with Gasteiger partial charge in [-0.15, -0.1) is 11.3 Å². The van der Waals surface area contributed by atoms with Gasteiger partial charge in [-0.3, -0.25) is 0 Å². The van der Waals surface area contributed by atoms with E-state index in [1.54, 1.807) is 12.3 Å². The minimum absolute atomic E-state index is 0.239. The van der Waals surface area contributed by atoms with Crippen molar-refractivity contribution in [2.75, 3.05) is 11.4 Å². The van der Waals surface area contributed by atoms with Crippen molar-refractivity contribution < 1.29 is 22.0 Å². The summed E-state index contributed by atoms with van der Waals surface area (Å²) in [5, 5.41) is 3.23. The molecule has 32 heavy (non-hydrogen) atoms. The molecule has 0 amide bonds. The molecule has 5 nitrogen and oxygen atoms in total. The molecule has 11 heteroatoms. The third-order valence-corrected chi connectivity index (χ3v) is 6.87. The van der Waals surface area contributed by atoms with Crippen LogP contribution in [0.3, 0.4) is 0 Å². The first-order valence-corrected chi connectivity index (χ1v) is 10.6. The lowest BCUT2D eigenvalue weighted by Gasteiger charge is -2.37. The van der Waals surface area contributed by atoms with Gasteiger partial charge in [-0.25, -0.2) is 23.3 Å². The van der Waals surface area contributed by atoms with E-state index >= 15 is 0 Å². The van der Waals surface area contributed by atoms with Crippen molar-refractivity contribution in [2.45, 2.75) is 31.5 Å². The number of hydrogen-bond acceptors (Lipinski definition) is 5. The summed E-state index contributed by atoms with van der Waals surface area (Å²) in [5.41, 5.74) is 0.181. The topological polar surface area (TPSA) is 46.3 Å². The highest BCUT2D eigenvalue weighted by molar-refractivity contribution is 7.15. The molecule has 0 spiro atoms. The van der Waals surface area contributed by atoms with Crippen LogP contribution in [0.5, 0.6) is 0 Å². The molecule has 3 aromatic heterocycles. The third kappa shape index (κ3) is 3.31. The zero-order valence-electron chi connectivity index (χ0n) is 16.7. The van der Waals surface area contributed by atoms with Crippen LogP contribution in [0.25, 0.3) is 16.1 Å². The third-order valence-electron chi connectivity index (χ3n) is 5.79. The Balaban J connectivity index is 1.58. The number of hydrogen-bond donors (Lipinski definition) is 0. The molecule has 1 aliphatic heterocycles. The summed E-state index contributed by atoms with van der Waals surface area (Å²) < 4.78 is 68.9. The molecule has 0 aliphatic carbocycles. The molecular weight excluding hydrogens is 449 g/mol. The number of thiazole rings is 1. The van der Waals surface area contributed by atoms with Crippen molar-refractivity contribution in [3.05, 3.63) is 65.1 Å². The predicted octanol–water partition coefficient (Wildman–Crippen LogP) is 5.67. The zero-order chi connectivity index (χ0) is 22.7. The van der Waals surface area contributed by atoms with E-state index in [2.05, 4.69) is 15.1 Å². The number of benzene rings is 1. The molecule has 0 unspecified atom stereocenters. The van der Waals surface area contributed by atoms with Crippen LogP contribution in [-0.4, -0.2) is 26.1 Å². The molecule has 1 atom stereocenters. The summed E-state index contributed by atoms with van der Waals surface area (Å²) in [5.74, 6) is -0.527. The Morgan fingerprint density at radius 3 is 2.69 bits per heavy atom. The van der Waals surface area contributed by atoms with E-state index in [-0.39, 0.29) is 10.4 Å². The molecule has 0 radical (unpaired) electrons. The molecular formula is C21H16F5N5S. The van der Waals surface area contributed by atoms with Gasteiger partial charge in [0.1, 0.15) is 17.5 Å². The van der Waals surface area contributed by atoms with Gasteiger partial charge in [0, 0.05) is 24.5 Å². The maximum absolute atomic E-state index is 14.6. The zero-order valence-corrected chi connectivity index (χ0v) is 17.5. The maximum Gasteiger partial charge on any atom is 0.443 e. The predicted molar refractivity (Wildman–Crippen MR) is 109 cm³/mol. The standard InChI is InChI=1S/C21H16F5N5S/c1-20(14-9-12(22)3-4-15(14)23)6-2-7-30(20)17-5-8-31-18(29-17)13(10-28-31)16-11-27-19(32-16)21(24,25)26/h3-5,8-11H,2,6-7H2,1H3/t20-/m1/s1. The normalized spacial score (nSPS) is 19.2. The van der Waals surface area contributed by atoms with Crippen LogP contribution < -0.4 is 4.90 Å². The van der Waals surface area contributed by atoms with Gasteiger partial charge >= 0.3 is 6.18 Å². The molecule has 1 fully saturated rings. The Hall–Kier alpha value is -3.08. The second kappa shape index (κ2) is 7.22. The van der Waals surface area contributed by atoms with Crippen LogP contribution in [-0.2, 0) is 11.7 Å². The van der Waals surface area contributed by atoms with Crippen molar-refractivity contribution in [2.24, 2.45) is 0 Å². The Labute approximate surface area is 183 Å². The summed E-state index contributed by atoms with van der Waals surface area (Å²) in [6, 6.07) is 5.10. The van der Waals surface area contributed by atoms with Crippen LogP contribution in [0.15, 0.2) is 42.9 Å². The molecule has 0 bridgehead atoms. The number of nitrogens with zero attached hydrogens (tertiary/aromatic N) is 5. The molecule has 4 heterocycles. The van der Waals surface area contributed by atoms with E-state index in [1.807, 2.05) is 11.8 Å². The first-order valence-electron chi connectivity index (χ1n) is 9.78. The summed E-state index contributed by atoms with van der Waals surface area (Å²) in [7, 11) is 0. The fourth-order valence-electron chi connectivity index (χ4n) is 4.23. The highest BCUT2D eigenvalue weighted by Gasteiger charge is 2.41. The fourth-order valence-corrected chi connectivity index (χ4v) is 5.02. The lowest BCUT2D eigenvalue weighted by atomic mass is 9.88. The number of halogens is 5. The van der Waals surface area contributed by atoms with Gasteiger partial charge in [-0.1, -0.05) is 0 Å². The van der Waals surface area contributed by atoms with Crippen molar-refractivity contribution in [3.63, 3.8) is 0 Å². The second-order valence-corrected chi connectivity index (χ2v) is 8.82. The van der Waals surface area contributed by atoms with E-state index in [1.165, 1.54) is 16.8 Å². The van der Waals surface area contributed by atoms with Gasteiger partial charge in [-0.2, -0.15) is 18.3 Å². The van der Waals surface area contributed by atoms with E-state index < -0.39 is 28.4 Å². The average molecular weight is 465 g/mol. The molecule has 1 aromatic carbocycles. The second-order valence-electron chi connectivity index (χ2n) is 7.79. The van der Waals surface area contributed by atoms with Gasteiger partial charge in [-0.05, 0) is 44.0 Å². The van der Waals surface area contributed by atoms with Gasteiger partial charge in [0.15, 0.2) is 10.7 Å². The van der Waals surface area contributed by atoms with Crippen molar-refractivity contribution in [1.29, 1.82) is 0 Å². The Bertz CT molecular complexity index is 1310. The molecule has 4 aromatic rings. The maximum atomic E-state index is 14.6. The Morgan fingerprint density at radius 1 is 1.12 bits per heavy atom. The van der Waals surface area contributed by atoms with Gasteiger partial charge < -0.3 is 4.90 Å². The van der Waals surface area contributed by atoms with E-state index in [4.69, 9.17) is 0 Å². The minimum atomic E-state index is -4.53. The average Bonchev–Trinajstić information content (AvgIpc) is 3.46. The van der Waals surface area contributed by atoms with Crippen LogP contribution in [0, 0.1) is 11.6 Å². The van der Waals surface area contributed by atoms with E-state index in [9.17, 15) is 22.0 Å². The molecule has 1 saturated heterocycles. The molecule has 5 rings (SSSR count). The monoisotopic (exact) mass is 465 g/mol. The number of fused-ring (bicyclic) bond motifs is 1. The minimum Gasteiger partial charge on any atom is -0.347 e. The van der Waals surface area contributed by atoms with Crippen molar-refractivity contribution in [1.82, 2.24) is 19.6 Å². The highest BCUT2D eigenvalue weighted by atomic mass is 32.1. The van der Waals surface area contributed by atoms with E-state index in [0.717, 1.165) is 24.8 Å². The quantitative estimate of drug-likeness (QED) is 0.366. The van der Waals surface area contributed by atoms with Crippen molar-refractivity contribution in [3.8, 4) is 10.4 Å². The van der Waals surface area contributed by atoms with Gasteiger partial charge in [0.25, 0.3) is 0 Å². The molecule has 0 saturated carbocycles. The first-order chi connectivity index (χ1) is 15.2. The molecule has 166 valence electrons. The Kier molecular flexibility index (Phi) is 4.70. The van der Waals surface area contributed by atoms with Crippen LogP contribution >= 0.6 is 11.3 Å². The molecule has 0 N–H and O–H groups in total. The smallest absolute Gasteiger partial charge is 0.347 e. The highest BCUT2D eigenvalue weighted by Crippen LogP contribution is 2.43. The van der Waals surface area contributed by atoms with Gasteiger partial charge in [0.05, 0.1) is 22.2 Å². The van der Waals surface area contributed by atoms with Crippen LogP contribution in [0.2, 0.25) is 0 Å². The van der Waals surface area contributed by atoms with Crippen LogP contribution in [0.4, 0.5) is 27.8 Å².